The van der Waals surface area contributed by atoms with Crippen molar-refractivity contribution in [3.8, 4) is 5.75 Å². The fourth-order valence-corrected chi connectivity index (χ4v) is 1.82. The molecule has 0 aliphatic heterocycles. The van der Waals surface area contributed by atoms with E-state index in [1.807, 2.05) is 12.1 Å². The zero-order valence-corrected chi connectivity index (χ0v) is 7.27. The molecule has 1 aromatic heterocycles. The SMILES string of the molecule is Oc1ccc2c(ccn2C2CC2)c1. The van der Waals surface area contributed by atoms with Gasteiger partial charge in [0.2, 0.25) is 0 Å². The molecule has 1 saturated carbocycles. The second-order valence-electron chi connectivity index (χ2n) is 3.70. The highest BCUT2D eigenvalue weighted by atomic mass is 16.3. The van der Waals surface area contributed by atoms with E-state index in [0.29, 0.717) is 11.8 Å². The van der Waals surface area contributed by atoms with Crippen molar-refractivity contribution in [2.24, 2.45) is 0 Å². The van der Waals surface area contributed by atoms with Gasteiger partial charge in [0.15, 0.2) is 0 Å². The summed E-state index contributed by atoms with van der Waals surface area (Å²) in [6.45, 7) is 0. The second-order valence-corrected chi connectivity index (χ2v) is 3.70. The number of phenolic OH excluding ortho intramolecular Hbond substituents is 1. The number of nitrogens with zero attached hydrogens (tertiary/aromatic N) is 1. The Hall–Kier alpha value is -1.44. The van der Waals surface area contributed by atoms with Gasteiger partial charge in [-0.2, -0.15) is 0 Å². The molecule has 2 aromatic rings. The molecule has 2 heteroatoms. The average Bonchev–Trinajstić information content (AvgIpc) is 2.87. The summed E-state index contributed by atoms with van der Waals surface area (Å²) in [5.74, 6) is 0.348. The quantitative estimate of drug-likeness (QED) is 0.704. The van der Waals surface area contributed by atoms with Crippen LogP contribution < -0.4 is 0 Å². The lowest BCUT2D eigenvalue weighted by molar-refractivity contribution is 0.476. The van der Waals surface area contributed by atoms with E-state index >= 15 is 0 Å². The number of hydrogen-bond donors (Lipinski definition) is 1. The Balaban J connectivity index is 2.26. The highest BCUT2D eigenvalue weighted by Gasteiger charge is 2.24. The number of benzene rings is 1. The summed E-state index contributed by atoms with van der Waals surface area (Å²) in [6, 6.07) is 8.33. The molecule has 0 bridgehead atoms. The normalized spacial score (nSPS) is 16.6. The second kappa shape index (κ2) is 2.28. The van der Waals surface area contributed by atoms with E-state index in [0.717, 1.165) is 5.39 Å². The molecule has 66 valence electrons. The lowest BCUT2D eigenvalue weighted by atomic mass is 10.2. The average molecular weight is 173 g/mol. The summed E-state index contributed by atoms with van der Waals surface area (Å²) < 4.78 is 2.30. The zero-order valence-electron chi connectivity index (χ0n) is 7.27. The molecular formula is C11H11NO. The molecule has 0 spiro atoms. The molecule has 1 N–H and O–H groups in total. The van der Waals surface area contributed by atoms with Gasteiger partial charge in [0.25, 0.3) is 0 Å². The molecule has 3 rings (SSSR count). The first kappa shape index (κ1) is 7.01. The monoisotopic (exact) mass is 173 g/mol. The van der Waals surface area contributed by atoms with Gasteiger partial charge >= 0.3 is 0 Å². The molecule has 0 saturated heterocycles. The molecule has 0 amide bonds. The molecule has 1 aliphatic rings. The smallest absolute Gasteiger partial charge is 0.116 e. The third-order valence-corrected chi connectivity index (χ3v) is 2.64. The predicted octanol–water partition coefficient (Wildman–Crippen LogP) is 2.68. The van der Waals surface area contributed by atoms with Crippen molar-refractivity contribution in [2.75, 3.05) is 0 Å². The molecule has 1 aliphatic carbocycles. The van der Waals surface area contributed by atoms with Gasteiger partial charge in [-0.05, 0) is 37.1 Å². The van der Waals surface area contributed by atoms with Crippen LogP contribution in [0.25, 0.3) is 10.9 Å². The maximum absolute atomic E-state index is 9.28. The van der Waals surface area contributed by atoms with Crippen LogP contribution in [0.5, 0.6) is 5.75 Å². The van der Waals surface area contributed by atoms with Crippen molar-refractivity contribution in [1.82, 2.24) is 4.57 Å². The summed E-state index contributed by atoms with van der Waals surface area (Å²) in [7, 11) is 0. The third kappa shape index (κ3) is 1.02. The van der Waals surface area contributed by atoms with Crippen LogP contribution in [0.1, 0.15) is 18.9 Å². The van der Waals surface area contributed by atoms with Gasteiger partial charge < -0.3 is 9.67 Å². The van der Waals surface area contributed by atoms with Crippen molar-refractivity contribution >= 4 is 10.9 Å². The molecule has 0 radical (unpaired) electrons. The summed E-state index contributed by atoms with van der Waals surface area (Å²) in [5, 5.41) is 10.4. The van der Waals surface area contributed by atoms with Crippen molar-refractivity contribution < 1.29 is 5.11 Å². The van der Waals surface area contributed by atoms with Crippen molar-refractivity contribution in [3.05, 3.63) is 30.5 Å². The van der Waals surface area contributed by atoms with Gasteiger partial charge in [0.05, 0.1) is 0 Å². The molecular weight excluding hydrogens is 162 g/mol. The number of phenols is 1. The van der Waals surface area contributed by atoms with Gasteiger partial charge in [0, 0.05) is 23.1 Å². The van der Waals surface area contributed by atoms with Crippen LogP contribution in [-0.4, -0.2) is 9.67 Å². The van der Waals surface area contributed by atoms with Crippen molar-refractivity contribution in [2.45, 2.75) is 18.9 Å². The van der Waals surface area contributed by atoms with Crippen LogP contribution >= 0.6 is 0 Å². The topological polar surface area (TPSA) is 25.2 Å². The molecule has 13 heavy (non-hydrogen) atoms. The van der Waals surface area contributed by atoms with Crippen molar-refractivity contribution in [3.63, 3.8) is 0 Å². The van der Waals surface area contributed by atoms with E-state index in [-0.39, 0.29) is 0 Å². The lowest BCUT2D eigenvalue weighted by Crippen LogP contribution is -1.89. The summed E-state index contributed by atoms with van der Waals surface area (Å²) in [6.07, 6.45) is 4.71. The highest BCUT2D eigenvalue weighted by molar-refractivity contribution is 5.81. The fraction of sp³-hybridized carbons (Fsp3) is 0.273. The number of rotatable bonds is 1. The Morgan fingerprint density at radius 2 is 2.08 bits per heavy atom. The van der Waals surface area contributed by atoms with Crippen LogP contribution in [0.15, 0.2) is 30.5 Å². The molecule has 1 fully saturated rings. The number of hydrogen-bond acceptors (Lipinski definition) is 1. The van der Waals surface area contributed by atoms with Crippen LogP contribution in [-0.2, 0) is 0 Å². The Morgan fingerprint density at radius 3 is 2.85 bits per heavy atom. The summed E-state index contributed by atoms with van der Waals surface area (Å²) in [5.41, 5.74) is 1.24. The predicted molar refractivity (Wildman–Crippen MR) is 51.9 cm³/mol. The van der Waals surface area contributed by atoms with E-state index in [2.05, 4.69) is 16.8 Å². The van der Waals surface area contributed by atoms with Crippen LogP contribution in [0, 0.1) is 0 Å². The third-order valence-electron chi connectivity index (χ3n) is 2.64. The lowest BCUT2D eigenvalue weighted by Gasteiger charge is -2.01. The van der Waals surface area contributed by atoms with E-state index < -0.39 is 0 Å². The zero-order chi connectivity index (χ0) is 8.84. The van der Waals surface area contributed by atoms with Crippen LogP contribution in [0.4, 0.5) is 0 Å². The minimum absolute atomic E-state index is 0.348. The molecule has 1 aromatic carbocycles. The van der Waals surface area contributed by atoms with Gasteiger partial charge in [-0.3, -0.25) is 0 Å². The minimum Gasteiger partial charge on any atom is -0.508 e. The molecule has 1 heterocycles. The van der Waals surface area contributed by atoms with Crippen LogP contribution in [0.2, 0.25) is 0 Å². The molecule has 2 nitrogen and oxygen atoms in total. The Labute approximate surface area is 76.4 Å². The van der Waals surface area contributed by atoms with Crippen molar-refractivity contribution in [1.29, 1.82) is 0 Å². The van der Waals surface area contributed by atoms with E-state index in [9.17, 15) is 5.11 Å². The first-order valence-electron chi connectivity index (χ1n) is 4.64. The van der Waals surface area contributed by atoms with Gasteiger partial charge in [-0.15, -0.1) is 0 Å². The Morgan fingerprint density at radius 1 is 1.23 bits per heavy atom. The Bertz CT molecular complexity index is 454. The maximum atomic E-state index is 9.28. The number of aromatic hydroxyl groups is 1. The molecule has 0 unspecified atom stereocenters. The largest absolute Gasteiger partial charge is 0.508 e. The van der Waals surface area contributed by atoms with Crippen LogP contribution in [0.3, 0.4) is 0 Å². The summed E-state index contributed by atoms with van der Waals surface area (Å²) in [4.78, 5) is 0. The minimum atomic E-state index is 0.348. The number of aromatic nitrogens is 1. The van der Waals surface area contributed by atoms with E-state index in [4.69, 9.17) is 0 Å². The van der Waals surface area contributed by atoms with Gasteiger partial charge in [0.1, 0.15) is 5.75 Å². The first-order chi connectivity index (χ1) is 6.34. The summed E-state index contributed by atoms with van der Waals surface area (Å²) >= 11 is 0. The van der Waals surface area contributed by atoms with E-state index in [1.165, 1.54) is 18.4 Å². The standard InChI is InChI=1S/C11H11NO/c13-10-3-4-11-8(7-10)5-6-12(11)9-1-2-9/h3-7,9,13H,1-2H2. The van der Waals surface area contributed by atoms with Gasteiger partial charge in [-0.1, -0.05) is 0 Å². The number of fused-ring (bicyclic) bond motifs is 1. The first-order valence-corrected chi connectivity index (χ1v) is 4.64. The van der Waals surface area contributed by atoms with Gasteiger partial charge in [-0.25, -0.2) is 0 Å². The highest BCUT2D eigenvalue weighted by Crippen LogP contribution is 2.38. The maximum Gasteiger partial charge on any atom is 0.116 e. The van der Waals surface area contributed by atoms with E-state index in [1.54, 1.807) is 6.07 Å². The fourth-order valence-electron chi connectivity index (χ4n) is 1.82. The Kier molecular flexibility index (Phi) is 1.23. The molecule has 0 atom stereocenters.